The van der Waals surface area contributed by atoms with E-state index in [-0.39, 0.29) is 0 Å². The molecule has 1 aromatic heterocycles. The first-order valence-corrected chi connectivity index (χ1v) is 6.73. The molecule has 2 heterocycles. The Hall–Kier alpha value is -0.570. The van der Waals surface area contributed by atoms with Crippen LogP contribution in [0.25, 0.3) is 5.70 Å². The third-order valence-corrected chi connectivity index (χ3v) is 5.42. The number of rotatable bonds is 2. The van der Waals surface area contributed by atoms with Crippen LogP contribution in [-0.2, 0) is 0 Å². The molecule has 0 bridgehead atoms. The number of hydrogen-bond acceptors (Lipinski definition) is 4. The summed E-state index contributed by atoms with van der Waals surface area (Å²) in [6, 6.07) is 2.21. The third-order valence-electron chi connectivity index (χ3n) is 1.91. The Bertz CT molecular complexity index is 407. The number of nitrogens with zero attached hydrogens (tertiary/aromatic N) is 3. The normalized spacial score (nSPS) is 23.9. The molecular formula is C9H8ClN3S2. The van der Waals surface area contributed by atoms with Crippen LogP contribution in [0.5, 0.6) is 0 Å². The lowest BCUT2D eigenvalue weighted by atomic mass is 10.5. The van der Waals surface area contributed by atoms with Crippen molar-refractivity contribution >= 4 is 40.8 Å². The summed E-state index contributed by atoms with van der Waals surface area (Å²) < 4.78 is 2.78. The van der Waals surface area contributed by atoms with Gasteiger partial charge < -0.3 is 0 Å². The van der Waals surface area contributed by atoms with Gasteiger partial charge in [0.15, 0.2) is 0 Å². The Morgan fingerprint density at radius 3 is 3.20 bits per heavy atom. The van der Waals surface area contributed by atoms with E-state index in [9.17, 15) is 0 Å². The molecule has 0 aromatic carbocycles. The highest BCUT2D eigenvalue weighted by Crippen LogP contribution is 2.44. The molecule has 1 aromatic rings. The van der Waals surface area contributed by atoms with Crippen molar-refractivity contribution in [1.82, 2.24) is 9.55 Å². The largest absolute Gasteiger partial charge is 0.296 e. The highest BCUT2D eigenvalue weighted by atomic mass is 35.5. The molecule has 2 rings (SSSR count). The fraction of sp³-hybridized carbons (Fsp3) is 0.333. The summed E-state index contributed by atoms with van der Waals surface area (Å²) in [5, 5.41) is 9.52. The average Bonchev–Trinajstić information content (AvgIpc) is 2.89. The number of halogens is 1. The molecule has 0 spiro atoms. The van der Waals surface area contributed by atoms with Crippen molar-refractivity contribution in [2.45, 2.75) is 5.25 Å². The van der Waals surface area contributed by atoms with Gasteiger partial charge in [-0.3, -0.25) is 4.57 Å². The molecule has 0 amide bonds. The van der Waals surface area contributed by atoms with E-state index in [2.05, 4.69) is 11.1 Å². The molecule has 1 fully saturated rings. The van der Waals surface area contributed by atoms with Crippen LogP contribution < -0.4 is 0 Å². The number of nitriles is 1. The zero-order valence-electron chi connectivity index (χ0n) is 7.76. The van der Waals surface area contributed by atoms with Gasteiger partial charge in [0.05, 0.1) is 10.6 Å². The molecule has 78 valence electrons. The number of hydrogen-bond donors (Lipinski definition) is 0. The lowest BCUT2D eigenvalue weighted by Gasteiger charge is -2.03. The van der Waals surface area contributed by atoms with E-state index in [1.54, 1.807) is 46.8 Å². The van der Waals surface area contributed by atoms with Crippen molar-refractivity contribution in [2.75, 3.05) is 11.6 Å². The highest BCUT2D eigenvalue weighted by Gasteiger charge is 2.23. The molecule has 0 saturated carbocycles. The number of thioether (sulfide) groups is 2. The number of imidazole rings is 1. The minimum atomic E-state index is 0.415. The maximum atomic E-state index is 9.10. The van der Waals surface area contributed by atoms with Gasteiger partial charge in [-0.1, -0.05) is 0 Å². The number of allylic oxidation sites excluding steroid dienone is 1. The van der Waals surface area contributed by atoms with Crippen LogP contribution in [0, 0.1) is 11.3 Å². The molecule has 15 heavy (non-hydrogen) atoms. The summed E-state index contributed by atoms with van der Waals surface area (Å²) >= 11 is 9.16. The van der Waals surface area contributed by atoms with Crippen LogP contribution in [0.15, 0.2) is 23.0 Å². The van der Waals surface area contributed by atoms with Crippen LogP contribution in [0.2, 0.25) is 0 Å². The molecule has 3 nitrogen and oxygen atoms in total. The lowest BCUT2D eigenvalue weighted by molar-refractivity contribution is 1.10. The van der Waals surface area contributed by atoms with Crippen molar-refractivity contribution < 1.29 is 0 Å². The smallest absolute Gasteiger partial charge is 0.145 e. The standard InChI is InChI=1S/C9H8ClN3S2/c10-3-7-5-14-9(15-7)8(4-11)13-2-1-12-6-13/h1-2,6-7H,3,5H2. The average molecular weight is 258 g/mol. The number of alkyl halides is 1. The SMILES string of the molecule is N#CC(=C1SCC(CCl)S1)n1ccnc1. The predicted molar refractivity (Wildman–Crippen MR) is 65.6 cm³/mol. The molecular weight excluding hydrogens is 250 g/mol. The highest BCUT2D eigenvalue weighted by molar-refractivity contribution is 8.25. The van der Waals surface area contributed by atoms with Gasteiger partial charge in [0.2, 0.25) is 0 Å². The van der Waals surface area contributed by atoms with E-state index in [0.717, 1.165) is 9.99 Å². The van der Waals surface area contributed by atoms with Gasteiger partial charge >= 0.3 is 0 Å². The van der Waals surface area contributed by atoms with Crippen molar-refractivity contribution in [3.8, 4) is 6.07 Å². The first kappa shape index (κ1) is 10.9. The summed E-state index contributed by atoms with van der Waals surface area (Å²) in [6.45, 7) is 0. The Morgan fingerprint density at radius 2 is 2.67 bits per heavy atom. The van der Waals surface area contributed by atoms with Gasteiger partial charge in [-0.2, -0.15) is 5.26 Å². The second-order valence-electron chi connectivity index (χ2n) is 2.92. The monoisotopic (exact) mass is 257 g/mol. The van der Waals surface area contributed by atoms with Crippen LogP contribution in [0.1, 0.15) is 0 Å². The first-order valence-electron chi connectivity index (χ1n) is 4.33. The summed E-state index contributed by atoms with van der Waals surface area (Å²) in [4.78, 5) is 3.93. The van der Waals surface area contributed by atoms with Gasteiger partial charge in [0.1, 0.15) is 11.8 Å². The molecule has 1 unspecified atom stereocenters. The fourth-order valence-corrected chi connectivity index (χ4v) is 4.35. The Balaban J connectivity index is 2.28. The zero-order valence-corrected chi connectivity index (χ0v) is 10.1. The van der Waals surface area contributed by atoms with Crippen molar-refractivity contribution in [3.63, 3.8) is 0 Å². The van der Waals surface area contributed by atoms with Gasteiger partial charge in [-0.25, -0.2) is 4.98 Å². The lowest BCUT2D eigenvalue weighted by Crippen LogP contribution is -2.00. The minimum absolute atomic E-state index is 0.415. The molecule has 1 aliphatic heterocycles. The zero-order chi connectivity index (χ0) is 10.7. The quantitative estimate of drug-likeness (QED) is 0.603. The topological polar surface area (TPSA) is 41.6 Å². The number of aromatic nitrogens is 2. The summed E-state index contributed by atoms with van der Waals surface area (Å²) in [6.07, 6.45) is 5.09. The second kappa shape index (κ2) is 4.97. The van der Waals surface area contributed by atoms with E-state index in [1.165, 1.54) is 0 Å². The van der Waals surface area contributed by atoms with Crippen molar-refractivity contribution in [3.05, 3.63) is 23.0 Å². The second-order valence-corrected chi connectivity index (χ2v) is 5.83. The predicted octanol–water partition coefficient (Wildman–Crippen LogP) is 2.62. The van der Waals surface area contributed by atoms with Crippen LogP contribution in [0.3, 0.4) is 0 Å². The van der Waals surface area contributed by atoms with Gasteiger partial charge in [0, 0.05) is 29.3 Å². The molecule has 6 heteroatoms. The fourth-order valence-electron chi connectivity index (χ4n) is 1.19. The maximum Gasteiger partial charge on any atom is 0.145 e. The van der Waals surface area contributed by atoms with Crippen molar-refractivity contribution in [1.29, 1.82) is 5.26 Å². The maximum absolute atomic E-state index is 9.10. The van der Waals surface area contributed by atoms with Crippen molar-refractivity contribution in [2.24, 2.45) is 0 Å². The summed E-state index contributed by atoms with van der Waals surface area (Å²) in [5.41, 5.74) is 0.648. The molecule has 1 saturated heterocycles. The van der Waals surface area contributed by atoms with E-state index in [4.69, 9.17) is 16.9 Å². The Labute approximate surface area is 102 Å². The Kier molecular flexibility index (Phi) is 3.62. The molecule has 1 atom stereocenters. The van der Waals surface area contributed by atoms with Crippen LogP contribution >= 0.6 is 35.1 Å². The third kappa shape index (κ3) is 2.33. The molecule has 0 aliphatic carbocycles. The van der Waals surface area contributed by atoms with E-state index in [1.807, 2.05) is 0 Å². The van der Waals surface area contributed by atoms with Gasteiger partial charge in [0.25, 0.3) is 0 Å². The van der Waals surface area contributed by atoms with Crippen LogP contribution in [0.4, 0.5) is 0 Å². The van der Waals surface area contributed by atoms with E-state index >= 15 is 0 Å². The van der Waals surface area contributed by atoms with E-state index < -0.39 is 0 Å². The summed E-state index contributed by atoms with van der Waals surface area (Å²) in [5.74, 6) is 1.60. The minimum Gasteiger partial charge on any atom is -0.296 e. The van der Waals surface area contributed by atoms with E-state index in [0.29, 0.717) is 16.8 Å². The molecule has 0 radical (unpaired) electrons. The molecule has 1 aliphatic rings. The van der Waals surface area contributed by atoms with Gasteiger partial charge in [-0.05, 0) is 0 Å². The van der Waals surface area contributed by atoms with Gasteiger partial charge in [-0.15, -0.1) is 35.1 Å². The van der Waals surface area contributed by atoms with Crippen LogP contribution in [-0.4, -0.2) is 26.4 Å². The first-order chi connectivity index (χ1) is 7.35. The Morgan fingerprint density at radius 1 is 1.80 bits per heavy atom. The summed E-state index contributed by atoms with van der Waals surface area (Å²) in [7, 11) is 0. The molecule has 0 N–H and O–H groups in total.